The molecule has 0 aromatic carbocycles. The number of nitrogens with zero attached hydrogens (tertiary/aromatic N) is 1. The van der Waals surface area contributed by atoms with Gasteiger partial charge in [0.05, 0.1) is 6.10 Å². The van der Waals surface area contributed by atoms with E-state index in [1.165, 1.54) is 25.9 Å². The zero-order valence-electron chi connectivity index (χ0n) is 9.75. The molecular formula is C11H24N2O. The van der Waals surface area contributed by atoms with Crippen molar-refractivity contribution < 1.29 is 4.74 Å². The van der Waals surface area contributed by atoms with Crippen LogP contribution in [-0.2, 0) is 4.74 Å². The number of piperidine rings is 1. The molecule has 1 aliphatic rings. The molecular weight excluding hydrogens is 176 g/mol. The van der Waals surface area contributed by atoms with E-state index in [-0.39, 0.29) is 0 Å². The SMILES string of the molecule is CNCCCN1CC[C@@H](C)[C@H](OC)C1. The molecule has 84 valence electrons. The predicted octanol–water partition coefficient (Wildman–Crippen LogP) is 0.953. The van der Waals surface area contributed by atoms with Gasteiger partial charge in [-0.3, -0.25) is 0 Å². The van der Waals surface area contributed by atoms with Crippen LogP contribution in [0.15, 0.2) is 0 Å². The first kappa shape index (κ1) is 12.0. The van der Waals surface area contributed by atoms with Crippen molar-refractivity contribution in [2.75, 3.05) is 40.3 Å². The number of nitrogens with one attached hydrogen (secondary N) is 1. The van der Waals surface area contributed by atoms with Gasteiger partial charge in [0.15, 0.2) is 0 Å². The molecule has 1 N–H and O–H groups in total. The van der Waals surface area contributed by atoms with Crippen LogP contribution in [0.4, 0.5) is 0 Å². The fraction of sp³-hybridized carbons (Fsp3) is 1.00. The van der Waals surface area contributed by atoms with Crippen molar-refractivity contribution in [3.8, 4) is 0 Å². The standard InChI is InChI=1S/C11H24N2O/c1-10-5-8-13(7-4-6-12-2)9-11(10)14-3/h10-12H,4-9H2,1-3H3/t10-,11-/m1/s1. The highest BCUT2D eigenvalue weighted by Crippen LogP contribution is 2.19. The topological polar surface area (TPSA) is 24.5 Å². The van der Waals surface area contributed by atoms with Crippen LogP contribution in [0.5, 0.6) is 0 Å². The fourth-order valence-corrected chi connectivity index (χ4v) is 2.09. The Kier molecular flexibility index (Phi) is 5.45. The molecule has 1 aliphatic heterocycles. The second-order valence-corrected chi connectivity index (χ2v) is 4.30. The average Bonchev–Trinajstić information content (AvgIpc) is 2.21. The lowest BCUT2D eigenvalue weighted by Crippen LogP contribution is -2.44. The molecule has 0 saturated carbocycles. The van der Waals surface area contributed by atoms with E-state index < -0.39 is 0 Å². The van der Waals surface area contributed by atoms with Crippen LogP contribution >= 0.6 is 0 Å². The summed E-state index contributed by atoms with van der Waals surface area (Å²) in [4.78, 5) is 2.52. The van der Waals surface area contributed by atoms with Gasteiger partial charge in [0, 0.05) is 13.7 Å². The first-order valence-corrected chi connectivity index (χ1v) is 5.67. The zero-order valence-corrected chi connectivity index (χ0v) is 9.75. The van der Waals surface area contributed by atoms with Crippen LogP contribution < -0.4 is 5.32 Å². The van der Waals surface area contributed by atoms with Gasteiger partial charge < -0.3 is 15.0 Å². The largest absolute Gasteiger partial charge is 0.380 e. The number of rotatable bonds is 5. The molecule has 2 atom stereocenters. The Bertz CT molecular complexity index is 152. The van der Waals surface area contributed by atoms with Gasteiger partial charge in [0.25, 0.3) is 0 Å². The first-order chi connectivity index (χ1) is 6.77. The van der Waals surface area contributed by atoms with Gasteiger partial charge in [-0.1, -0.05) is 6.92 Å². The van der Waals surface area contributed by atoms with E-state index in [9.17, 15) is 0 Å². The lowest BCUT2D eigenvalue weighted by molar-refractivity contribution is -0.00502. The van der Waals surface area contributed by atoms with E-state index >= 15 is 0 Å². The maximum absolute atomic E-state index is 5.48. The minimum atomic E-state index is 0.443. The van der Waals surface area contributed by atoms with Crippen molar-refractivity contribution in [1.29, 1.82) is 0 Å². The zero-order chi connectivity index (χ0) is 10.4. The maximum Gasteiger partial charge on any atom is 0.0724 e. The van der Waals surface area contributed by atoms with E-state index in [2.05, 4.69) is 17.1 Å². The second-order valence-electron chi connectivity index (χ2n) is 4.30. The molecule has 0 aliphatic carbocycles. The summed E-state index contributed by atoms with van der Waals surface area (Å²) < 4.78 is 5.48. The van der Waals surface area contributed by atoms with Crippen LogP contribution in [0.2, 0.25) is 0 Å². The molecule has 14 heavy (non-hydrogen) atoms. The monoisotopic (exact) mass is 200 g/mol. The van der Waals surface area contributed by atoms with Crippen LogP contribution in [0, 0.1) is 5.92 Å². The summed E-state index contributed by atoms with van der Waals surface area (Å²) in [5.41, 5.74) is 0. The van der Waals surface area contributed by atoms with E-state index in [0.29, 0.717) is 6.10 Å². The molecule has 1 fully saturated rings. The van der Waals surface area contributed by atoms with Gasteiger partial charge in [0.2, 0.25) is 0 Å². The molecule has 1 saturated heterocycles. The lowest BCUT2D eigenvalue weighted by atomic mass is 9.96. The summed E-state index contributed by atoms with van der Waals surface area (Å²) in [5.74, 6) is 0.723. The van der Waals surface area contributed by atoms with Crippen LogP contribution in [0.3, 0.4) is 0 Å². The molecule has 0 aromatic rings. The highest BCUT2D eigenvalue weighted by Gasteiger charge is 2.25. The Hall–Kier alpha value is -0.120. The summed E-state index contributed by atoms with van der Waals surface area (Å²) in [6.07, 6.45) is 2.96. The summed E-state index contributed by atoms with van der Waals surface area (Å²) in [6.45, 7) is 6.96. The van der Waals surface area contributed by atoms with Crippen molar-refractivity contribution in [1.82, 2.24) is 10.2 Å². The Morgan fingerprint density at radius 3 is 2.93 bits per heavy atom. The number of methoxy groups -OCH3 is 1. The molecule has 0 amide bonds. The van der Waals surface area contributed by atoms with Crippen molar-refractivity contribution in [2.24, 2.45) is 5.92 Å². The summed E-state index contributed by atoms with van der Waals surface area (Å²) >= 11 is 0. The van der Waals surface area contributed by atoms with Crippen molar-refractivity contribution in [3.05, 3.63) is 0 Å². The summed E-state index contributed by atoms with van der Waals surface area (Å²) in [7, 11) is 3.84. The molecule has 0 radical (unpaired) electrons. The van der Waals surface area contributed by atoms with E-state index in [0.717, 1.165) is 19.0 Å². The Morgan fingerprint density at radius 1 is 1.50 bits per heavy atom. The maximum atomic E-state index is 5.48. The number of ether oxygens (including phenoxy) is 1. The summed E-state index contributed by atoms with van der Waals surface area (Å²) in [6, 6.07) is 0. The average molecular weight is 200 g/mol. The molecule has 0 bridgehead atoms. The van der Waals surface area contributed by atoms with Gasteiger partial charge in [-0.2, -0.15) is 0 Å². The minimum Gasteiger partial charge on any atom is -0.380 e. The first-order valence-electron chi connectivity index (χ1n) is 5.67. The molecule has 0 spiro atoms. The third kappa shape index (κ3) is 3.56. The molecule has 1 heterocycles. The van der Waals surface area contributed by atoms with Crippen LogP contribution in [0.25, 0.3) is 0 Å². The van der Waals surface area contributed by atoms with Gasteiger partial charge in [-0.25, -0.2) is 0 Å². The van der Waals surface area contributed by atoms with Gasteiger partial charge in [-0.15, -0.1) is 0 Å². The predicted molar refractivity (Wildman–Crippen MR) is 59.6 cm³/mol. The van der Waals surface area contributed by atoms with Crippen molar-refractivity contribution in [2.45, 2.75) is 25.9 Å². The van der Waals surface area contributed by atoms with Crippen molar-refractivity contribution in [3.63, 3.8) is 0 Å². The Labute approximate surface area is 87.8 Å². The molecule has 0 aromatic heterocycles. The lowest BCUT2D eigenvalue weighted by Gasteiger charge is -2.36. The fourth-order valence-electron chi connectivity index (χ4n) is 2.09. The Balaban J connectivity index is 2.21. The number of hydrogen-bond acceptors (Lipinski definition) is 3. The smallest absolute Gasteiger partial charge is 0.0724 e. The summed E-state index contributed by atoms with van der Waals surface area (Å²) in [5, 5.41) is 3.18. The third-order valence-corrected chi connectivity index (χ3v) is 3.18. The number of hydrogen-bond donors (Lipinski definition) is 1. The highest BCUT2D eigenvalue weighted by molar-refractivity contribution is 4.78. The van der Waals surface area contributed by atoms with Crippen molar-refractivity contribution >= 4 is 0 Å². The minimum absolute atomic E-state index is 0.443. The molecule has 1 rings (SSSR count). The van der Waals surface area contributed by atoms with Gasteiger partial charge >= 0.3 is 0 Å². The van der Waals surface area contributed by atoms with Gasteiger partial charge in [-0.05, 0) is 45.4 Å². The normalized spacial score (nSPS) is 29.4. The Morgan fingerprint density at radius 2 is 2.29 bits per heavy atom. The quantitative estimate of drug-likeness (QED) is 0.669. The van der Waals surface area contributed by atoms with Crippen LogP contribution in [0.1, 0.15) is 19.8 Å². The second kappa shape index (κ2) is 6.38. The highest BCUT2D eigenvalue weighted by atomic mass is 16.5. The van der Waals surface area contributed by atoms with E-state index in [4.69, 9.17) is 4.74 Å². The number of likely N-dealkylation sites (tertiary alicyclic amines) is 1. The third-order valence-electron chi connectivity index (χ3n) is 3.18. The van der Waals surface area contributed by atoms with E-state index in [1.54, 1.807) is 0 Å². The van der Waals surface area contributed by atoms with Crippen LogP contribution in [-0.4, -0.2) is 51.3 Å². The molecule has 3 nitrogen and oxygen atoms in total. The van der Waals surface area contributed by atoms with E-state index in [1.807, 2.05) is 14.2 Å². The van der Waals surface area contributed by atoms with Gasteiger partial charge in [0.1, 0.15) is 0 Å². The molecule has 0 unspecified atom stereocenters. The molecule has 3 heteroatoms.